The van der Waals surface area contributed by atoms with E-state index in [0.717, 1.165) is 37.1 Å². The molecule has 1 fully saturated rings. The number of aliphatic imine (C=N–C) groups is 1. The van der Waals surface area contributed by atoms with E-state index in [2.05, 4.69) is 18.6 Å². The first-order valence-electron chi connectivity index (χ1n) is 9.16. The van der Waals surface area contributed by atoms with Crippen LogP contribution in [0, 0.1) is 18.8 Å². The van der Waals surface area contributed by atoms with Crippen molar-refractivity contribution in [2.45, 2.75) is 63.4 Å². The Bertz CT molecular complexity index is 726. The van der Waals surface area contributed by atoms with Crippen molar-refractivity contribution < 1.29 is 13.2 Å². The van der Waals surface area contributed by atoms with Crippen LogP contribution in [0.4, 0.5) is 0 Å². The highest BCUT2D eigenvalue weighted by Crippen LogP contribution is 2.30. The first-order chi connectivity index (χ1) is 11.9. The van der Waals surface area contributed by atoms with Crippen LogP contribution in [-0.4, -0.2) is 33.0 Å². The van der Waals surface area contributed by atoms with Crippen LogP contribution >= 0.6 is 0 Å². The topological polar surface area (TPSA) is 67.8 Å². The molecule has 3 rings (SSSR count). The standard InChI is InChI=1S/C19H28N2O3S/c1-13(2)18-12-24-19(20-18)16-6-4-5-7-17(16)21-25(22,23)15-10-8-14(3)9-11-15/h8-11,13,16-18,21H,4-7,12H2,1-3H3/t16-,17-,18-/m1/s1. The third-order valence-electron chi connectivity index (χ3n) is 5.19. The van der Waals surface area contributed by atoms with Gasteiger partial charge in [0, 0.05) is 6.04 Å². The molecule has 1 aromatic rings. The summed E-state index contributed by atoms with van der Waals surface area (Å²) in [7, 11) is -3.53. The van der Waals surface area contributed by atoms with E-state index in [-0.39, 0.29) is 18.0 Å². The molecule has 1 aromatic carbocycles. The Morgan fingerprint density at radius 3 is 2.48 bits per heavy atom. The fourth-order valence-electron chi connectivity index (χ4n) is 3.51. The number of aryl methyl sites for hydroxylation is 1. The third-order valence-corrected chi connectivity index (χ3v) is 6.69. The van der Waals surface area contributed by atoms with Crippen molar-refractivity contribution in [1.82, 2.24) is 4.72 Å². The van der Waals surface area contributed by atoms with Crippen LogP contribution in [-0.2, 0) is 14.8 Å². The summed E-state index contributed by atoms with van der Waals surface area (Å²) in [6.45, 7) is 6.83. The fourth-order valence-corrected chi connectivity index (χ4v) is 4.82. The fraction of sp³-hybridized carbons (Fsp3) is 0.632. The van der Waals surface area contributed by atoms with Crippen LogP contribution in [0.1, 0.15) is 45.1 Å². The Morgan fingerprint density at radius 1 is 1.16 bits per heavy atom. The number of ether oxygens (including phenoxy) is 1. The van der Waals surface area contributed by atoms with Gasteiger partial charge in [-0.3, -0.25) is 0 Å². The van der Waals surface area contributed by atoms with Gasteiger partial charge in [0.15, 0.2) is 5.90 Å². The molecule has 0 radical (unpaired) electrons. The van der Waals surface area contributed by atoms with E-state index in [1.165, 1.54) is 0 Å². The predicted octanol–water partition coefficient (Wildman–Crippen LogP) is 3.29. The summed E-state index contributed by atoms with van der Waals surface area (Å²) in [5.74, 6) is 1.22. The molecule has 0 amide bonds. The smallest absolute Gasteiger partial charge is 0.240 e. The molecule has 5 nitrogen and oxygen atoms in total. The Morgan fingerprint density at radius 2 is 1.84 bits per heavy atom. The van der Waals surface area contributed by atoms with E-state index in [0.29, 0.717) is 17.4 Å². The average Bonchev–Trinajstić information content (AvgIpc) is 3.05. The highest BCUT2D eigenvalue weighted by Gasteiger charge is 2.36. The zero-order chi connectivity index (χ0) is 18.0. The number of hydrogen-bond donors (Lipinski definition) is 1. The van der Waals surface area contributed by atoms with Gasteiger partial charge in [-0.25, -0.2) is 18.1 Å². The summed E-state index contributed by atoms with van der Waals surface area (Å²) in [6, 6.07) is 7.01. The van der Waals surface area contributed by atoms with E-state index >= 15 is 0 Å². The van der Waals surface area contributed by atoms with Crippen LogP contribution < -0.4 is 4.72 Å². The zero-order valence-corrected chi connectivity index (χ0v) is 16.1. The van der Waals surface area contributed by atoms with E-state index in [1.54, 1.807) is 12.1 Å². The highest BCUT2D eigenvalue weighted by atomic mass is 32.2. The summed E-state index contributed by atoms with van der Waals surface area (Å²) in [6.07, 6.45) is 3.86. The minimum atomic E-state index is -3.53. The maximum Gasteiger partial charge on any atom is 0.240 e. The monoisotopic (exact) mass is 364 g/mol. The molecule has 0 unspecified atom stereocenters. The molecule has 0 bridgehead atoms. The van der Waals surface area contributed by atoms with Crippen LogP contribution in [0.3, 0.4) is 0 Å². The molecule has 3 atom stereocenters. The minimum absolute atomic E-state index is 0.0396. The quantitative estimate of drug-likeness (QED) is 0.872. The van der Waals surface area contributed by atoms with Crippen LogP contribution in [0.25, 0.3) is 0 Å². The SMILES string of the molecule is Cc1ccc(S(=O)(=O)N[C@@H]2CCCC[C@H]2C2=N[C@@H](C(C)C)CO2)cc1. The number of nitrogens with one attached hydrogen (secondary N) is 1. The van der Waals surface area contributed by atoms with Crippen molar-refractivity contribution in [3.63, 3.8) is 0 Å². The second-order valence-electron chi connectivity index (χ2n) is 7.52. The molecule has 0 saturated heterocycles. The van der Waals surface area contributed by atoms with Crippen LogP contribution in [0.15, 0.2) is 34.2 Å². The van der Waals surface area contributed by atoms with Crippen molar-refractivity contribution >= 4 is 15.9 Å². The number of sulfonamides is 1. The lowest BCUT2D eigenvalue weighted by molar-refractivity contribution is 0.252. The minimum Gasteiger partial charge on any atom is -0.478 e. The molecule has 1 saturated carbocycles. The van der Waals surface area contributed by atoms with Gasteiger partial charge in [0.2, 0.25) is 10.0 Å². The molecule has 1 aliphatic carbocycles. The molecule has 1 aliphatic heterocycles. The summed E-state index contributed by atoms with van der Waals surface area (Å²) in [5.41, 5.74) is 1.04. The number of hydrogen-bond acceptors (Lipinski definition) is 4. The molecule has 0 aromatic heterocycles. The van der Waals surface area contributed by atoms with Crippen molar-refractivity contribution in [2.75, 3.05) is 6.61 Å². The number of nitrogens with zero attached hydrogens (tertiary/aromatic N) is 1. The summed E-state index contributed by atoms with van der Waals surface area (Å²) < 4.78 is 34.3. The van der Waals surface area contributed by atoms with Gasteiger partial charge in [-0.1, -0.05) is 44.4 Å². The van der Waals surface area contributed by atoms with Gasteiger partial charge >= 0.3 is 0 Å². The van der Waals surface area contributed by atoms with E-state index in [4.69, 9.17) is 9.73 Å². The van der Waals surface area contributed by atoms with Gasteiger partial charge < -0.3 is 4.74 Å². The van der Waals surface area contributed by atoms with Gasteiger partial charge in [0.05, 0.1) is 16.9 Å². The van der Waals surface area contributed by atoms with Gasteiger partial charge in [-0.05, 0) is 37.8 Å². The summed E-state index contributed by atoms with van der Waals surface area (Å²) in [5, 5.41) is 0. The first-order valence-corrected chi connectivity index (χ1v) is 10.6. The van der Waals surface area contributed by atoms with E-state index in [9.17, 15) is 8.42 Å². The molecule has 0 spiro atoms. The highest BCUT2D eigenvalue weighted by molar-refractivity contribution is 7.89. The lowest BCUT2D eigenvalue weighted by Gasteiger charge is -2.31. The zero-order valence-electron chi connectivity index (χ0n) is 15.2. The Hall–Kier alpha value is -1.40. The average molecular weight is 365 g/mol. The maximum atomic E-state index is 12.8. The Kier molecular flexibility index (Phi) is 5.49. The van der Waals surface area contributed by atoms with Crippen LogP contribution in [0.2, 0.25) is 0 Å². The molecule has 138 valence electrons. The predicted molar refractivity (Wildman–Crippen MR) is 99.3 cm³/mol. The normalized spacial score (nSPS) is 27.2. The Balaban J connectivity index is 1.77. The van der Waals surface area contributed by atoms with Gasteiger partial charge in [0.25, 0.3) is 0 Å². The molecule has 25 heavy (non-hydrogen) atoms. The maximum absolute atomic E-state index is 12.8. The van der Waals surface area contributed by atoms with E-state index < -0.39 is 10.0 Å². The first kappa shape index (κ1) is 18.4. The molecule has 2 aliphatic rings. The number of rotatable bonds is 5. The van der Waals surface area contributed by atoms with Crippen molar-refractivity contribution in [2.24, 2.45) is 16.8 Å². The van der Waals surface area contributed by atoms with Crippen molar-refractivity contribution in [3.8, 4) is 0 Å². The van der Waals surface area contributed by atoms with Gasteiger partial charge in [-0.15, -0.1) is 0 Å². The van der Waals surface area contributed by atoms with Gasteiger partial charge in [-0.2, -0.15) is 0 Å². The summed E-state index contributed by atoms with van der Waals surface area (Å²) >= 11 is 0. The second kappa shape index (κ2) is 7.46. The van der Waals surface area contributed by atoms with Crippen LogP contribution in [0.5, 0.6) is 0 Å². The second-order valence-corrected chi connectivity index (χ2v) is 9.24. The Labute approximate surface area is 150 Å². The molecule has 6 heteroatoms. The van der Waals surface area contributed by atoms with E-state index in [1.807, 2.05) is 19.1 Å². The molecule has 1 N–H and O–H groups in total. The molecule has 1 heterocycles. The third kappa shape index (κ3) is 4.23. The van der Waals surface area contributed by atoms with Crippen molar-refractivity contribution in [3.05, 3.63) is 29.8 Å². The molecular weight excluding hydrogens is 336 g/mol. The largest absolute Gasteiger partial charge is 0.478 e. The molecular formula is C19H28N2O3S. The van der Waals surface area contributed by atoms with Crippen molar-refractivity contribution in [1.29, 1.82) is 0 Å². The lowest BCUT2D eigenvalue weighted by atomic mass is 9.85. The van der Waals surface area contributed by atoms with Gasteiger partial charge in [0.1, 0.15) is 6.61 Å². The lowest BCUT2D eigenvalue weighted by Crippen LogP contribution is -2.45. The number of benzene rings is 1. The summed E-state index contributed by atoms with van der Waals surface area (Å²) in [4.78, 5) is 5.05.